The summed E-state index contributed by atoms with van der Waals surface area (Å²) in [6.45, 7) is 6.54. The molecule has 1 fully saturated rings. The van der Waals surface area contributed by atoms with Crippen LogP contribution in [0, 0.1) is 0 Å². The number of rotatable bonds is 8. The molecule has 0 spiro atoms. The lowest BCUT2D eigenvalue weighted by Gasteiger charge is -2.32. The fraction of sp³-hybridized carbons (Fsp3) is 0.440. The number of piperidine rings is 1. The van der Waals surface area contributed by atoms with E-state index in [0.29, 0.717) is 33.8 Å². The summed E-state index contributed by atoms with van der Waals surface area (Å²) in [5, 5.41) is 21.8. The number of nitrogens with two attached hydrogens (primary N) is 1. The highest BCUT2D eigenvalue weighted by Gasteiger charge is 2.19. The number of fused-ring (bicyclic) bond motifs is 1. The molecule has 5 N–H and O–H groups in total. The Morgan fingerprint density at radius 2 is 1.95 bits per heavy atom. The Morgan fingerprint density at radius 3 is 2.54 bits per heavy atom. The van der Waals surface area contributed by atoms with Crippen LogP contribution in [0.1, 0.15) is 37.2 Å². The number of carbonyl (C=O) groups is 2. The van der Waals surface area contributed by atoms with Crippen molar-refractivity contribution in [1.29, 1.82) is 0 Å². The first-order valence-electron chi connectivity index (χ1n) is 12.0. The number of likely N-dealkylation sites (tertiary alicyclic amines) is 1. The van der Waals surface area contributed by atoms with Gasteiger partial charge in [-0.2, -0.15) is 0 Å². The summed E-state index contributed by atoms with van der Waals surface area (Å²) in [6.07, 6.45) is 5.17. The number of amides is 1. The minimum absolute atomic E-state index is 0.0645. The number of carbonyl (C=O) groups excluding carboxylic acids is 1. The molecule has 3 aromatic heterocycles. The van der Waals surface area contributed by atoms with E-state index >= 15 is 0 Å². The molecule has 0 atom stereocenters. The molecule has 200 valence electrons. The van der Waals surface area contributed by atoms with Crippen LogP contribution in [0.4, 0.5) is 5.82 Å². The summed E-state index contributed by atoms with van der Waals surface area (Å²) < 4.78 is 6.57. The molecule has 0 radical (unpaired) electrons. The van der Waals surface area contributed by atoms with Gasteiger partial charge in [0.2, 0.25) is 11.8 Å². The number of nitrogens with one attached hydrogen (secondary N) is 1. The van der Waals surface area contributed by atoms with E-state index in [-0.39, 0.29) is 31.3 Å². The van der Waals surface area contributed by atoms with E-state index in [4.69, 9.17) is 27.2 Å². The summed E-state index contributed by atoms with van der Waals surface area (Å²) in [4.78, 5) is 34.4. The third-order valence-corrected chi connectivity index (χ3v) is 6.15. The molecule has 0 bridgehead atoms. The summed E-state index contributed by atoms with van der Waals surface area (Å²) in [6, 6.07) is 7.27. The van der Waals surface area contributed by atoms with Gasteiger partial charge < -0.3 is 35.5 Å². The summed E-state index contributed by atoms with van der Waals surface area (Å²) in [7, 11) is 0. The molecular formula is C25H33ClN6O5. The molecule has 1 aliphatic heterocycles. The van der Waals surface area contributed by atoms with Crippen LogP contribution in [0.25, 0.3) is 10.9 Å². The first kappa shape index (κ1) is 28.3. The van der Waals surface area contributed by atoms with Crippen LogP contribution in [0.3, 0.4) is 0 Å². The highest BCUT2D eigenvalue weighted by atomic mass is 35.5. The van der Waals surface area contributed by atoms with Gasteiger partial charge in [-0.05, 0) is 58.0 Å². The zero-order chi connectivity index (χ0) is 26.9. The van der Waals surface area contributed by atoms with E-state index in [1.165, 1.54) is 49.0 Å². The molecule has 0 aromatic carbocycles. The van der Waals surface area contributed by atoms with Crippen LogP contribution < -0.4 is 15.8 Å². The first-order valence-corrected chi connectivity index (χ1v) is 12.4. The van der Waals surface area contributed by atoms with Gasteiger partial charge in [-0.25, -0.2) is 14.8 Å². The topological polar surface area (TPSA) is 156 Å². The fourth-order valence-electron chi connectivity index (χ4n) is 3.93. The summed E-state index contributed by atoms with van der Waals surface area (Å²) in [5.74, 6) is -1.08. The SMILES string of the molecule is CC(C)N1CCC(N)CC1.O=C(Cn1c(C(=O)O)cc2cc(OCCO)ncc21)Nc1ccc(Cl)cn1. The Bertz CT molecular complexity index is 1190. The van der Waals surface area contributed by atoms with Gasteiger partial charge in [0.15, 0.2) is 0 Å². The van der Waals surface area contributed by atoms with Gasteiger partial charge >= 0.3 is 5.97 Å². The number of halogens is 1. The number of aliphatic hydroxyl groups is 1. The van der Waals surface area contributed by atoms with Gasteiger partial charge in [-0.1, -0.05) is 11.6 Å². The lowest BCUT2D eigenvalue weighted by molar-refractivity contribution is -0.116. The van der Waals surface area contributed by atoms with E-state index in [1.54, 1.807) is 18.2 Å². The standard InChI is InChI=1S/C17H15ClN4O5.C8H18N2/c18-11-1-2-14(19-7-11)21-15(24)9-22-12(17(25)26)5-10-6-16(27-4-3-23)20-8-13(10)22;1-7(2)10-5-3-8(9)4-6-10/h1-2,5-8,23H,3-4,9H2,(H,25,26)(H,19,21,24);7-8H,3-6,9H2,1-2H3. The predicted octanol–water partition coefficient (Wildman–Crippen LogP) is 2.61. The number of nitrogens with zero attached hydrogens (tertiary/aromatic N) is 4. The van der Waals surface area contributed by atoms with Gasteiger partial charge in [-0.15, -0.1) is 0 Å². The van der Waals surface area contributed by atoms with E-state index in [2.05, 4.69) is 34.0 Å². The molecule has 4 heterocycles. The minimum atomic E-state index is -1.18. The molecule has 1 amide bonds. The maximum atomic E-state index is 12.3. The van der Waals surface area contributed by atoms with Crippen LogP contribution in [0.2, 0.25) is 5.02 Å². The third-order valence-electron chi connectivity index (χ3n) is 5.92. The van der Waals surface area contributed by atoms with Crippen LogP contribution in [0.5, 0.6) is 5.88 Å². The van der Waals surface area contributed by atoms with Crippen molar-refractivity contribution in [2.75, 3.05) is 31.6 Å². The van der Waals surface area contributed by atoms with Gasteiger partial charge in [-0.3, -0.25) is 4.79 Å². The maximum absolute atomic E-state index is 12.3. The Balaban J connectivity index is 0.000000319. The summed E-state index contributed by atoms with van der Waals surface area (Å²) in [5.41, 5.74) is 6.17. The molecule has 1 aliphatic rings. The normalized spacial score (nSPS) is 14.3. The second kappa shape index (κ2) is 13.3. The molecule has 1 saturated heterocycles. The number of ether oxygens (including phenoxy) is 1. The highest BCUT2D eigenvalue weighted by Crippen LogP contribution is 2.23. The van der Waals surface area contributed by atoms with E-state index in [9.17, 15) is 14.7 Å². The average molecular weight is 533 g/mol. The van der Waals surface area contributed by atoms with Crippen molar-refractivity contribution in [2.45, 2.75) is 45.3 Å². The van der Waals surface area contributed by atoms with Crippen molar-refractivity contribution < 1.29 is 24.5 Å². The van der Waals surface area contributed by atoms with Crippen molar-refractivity contribution in [3.8, 4) is 5.88 Å². The molecule has 0 saturated carbocycles. The van der Waals surface area contributed by atoms with Crippen molar-refractivity contribution >= 4 is 40.2 Å². The number of carboxylic acids is 1. The Kier molecular flexibility index (Phi) is 10.2. The largest absolute Gasteiger partial charge is 0.477 e. The Hall–Kier alpha value is -3.25. The first-order chi connectivity index (χ1) is 17.7. The number of carboxylic acid groups (broad SMARTS) is 1. The van der Waals surface area contributed by atoms with Crippen LogP contribution >= 0.6 is 11.6 Å². The van der Waals surface area contributed by atoms with Gasteiger partial charge in [0, 0.05) is 29.7 Å². The van der Waals surface area contributed by atoms with Gasteiger partial charge in [0.25, 0.3) is 0 Å². The zero-order valence-electron chi connectivity index (χ0n) is 20.9. The van der Waals surface area contributed by atoms with Gasteiger partial charge in [0.1, 0.15) is 24.7 Å². The molecule has 11 nitrogen and oxygen atoms in total. The molecule has 4 rings (SSSR count). The lowest BCUT2D eigenvalue weighted by Crippen LogP contribution is -2.42. The fourth-order valence-corrected chi connectivity index (χ4v) is 4.04. The molecule has 37 heavy (non-hydrogen) atoms. The summed E-state index contributed by atoms with van der Waals surface area (Å²) >= 11 is 5.75. The molecular weight excluding hydrogens is 500 g/mol. The number of hydrogen-bond donors (Lipinski definition) is 4. The number of anilines is 1. The van der Waals surface area contributed by atoms with Crippen molar-refractivity contribution in [1.82, 2.24) is 19.4 Å². The number of hydrogen-bond acceptors (Lipinski definition) is 8. The second-order valence-electron chi connectivity index (χ2n) is 8.95. The minimum Gasteiger partial charge on any atom is -0.477 e. The lowest BCUT2D eigenvalue weighted by atomic mass is 10.1. The molecule has 0 unspecified atom stereocenters. The second-order valence-corrected chi connectivity index (χ2v) is 9.39. The Morgan fingerprint density at radius 1 is 1.22 bits per heavy atom. The van der Waals surface area contributed by atoms with Crippen LogP contribution in [0.15, 0.2) is 36.7 Å². The molecule has 3 aromatic rings. The zero-order valence-corrected chi connectivity index (χ0v) is 21.7. The number of aromatic nitrogens is 3. The number of pyridine rings is 2. The number of aromatic carboxylic acids is 1. The average Bonchev–Trinajstić information content (AvgIpc) is 3.22. The maximum Gasteiger partial charge on any atom is 0.352 e. The number of aliphatic hydroxyl groups excluding tert-OH is 1. The van der Waals surface area contributed by atoms with Crippen LogP contribution in [-0.4, -0.2) is 79.9 Å². The highest BCUT2D eigenvalue weighted by molar-refractivity contribution is 6.30. The molecule has 0 aliphatic carbocycles. The van der Waals surface area contributed by atoms with E-state index in [0.717, 1.165) is 0 Å². The monoisotopic (exact) mass is 532 g/mol. The van der Waals surface area contributed by atoms with Crippen LogP contribution in [-0.2, 0) is 11.3 Å². The van der Waals surface area contributed by atoms with E-state index in [1.807, 2.05) is 0 Å². The Labute approximate surface area is 220 Å². The molecule has 12 heteroatoms. The quantitative estimate of drug-likeness (QED) is 0.342. The van der Waals surface area contributed by atoms with Crippen molar-refractivity contribution in [3.63, 3.8) is 0 Å². The van der Waals surface area contributed by atoms with Crippen molar-refractivity contribution in [3.05, 3.63) is 47.4 Å². The van der Waals surface area contributed by atoms with Gasteiger partial charge in [0.05, 0.1) is 23.3 Å². The third kappa shape index (κ3) is 8.12. The van der Waals surface area contributed by atoms with Crippen molar-refractivity contribution in [2.24, 2.45) is 5.73 Å². The smallest absolute Gasteiger partial charge is 0.352 e. The predicted molar refractivity (Wildman–Crippen MR) is 141 cm³/mol. The van der Waals surface area contributed by atoms with E-state index < -0.39 is 11.9 Å².